The molecule has 23 heavy (non-hydrogen) atoms. The fourth-order valence-corrected chi connectivity index (χ4v) is 2.69. The van der Waals surface area contributed by atoms with E-state index in [0.717, 1.165) is 11.9 Å². The van der Waals surface area contributed by atoms with E-state index in [4.69, 9.17) is 9.52 Å². The smallest absolute Gasteiger partial charge is 0.319 e. The highest BCUT2D eigenvalue weighted by atomic mass is 16.3. The second kappa shape index (κ2) is 7.97. The van der Waals surface area contributed by atoms with Crippen LogP contribution < -0.4 is 10.6 Å². The summed E-state index contributed by atoms with van der Waals surface area (Å²) in [4.78, 5) is 16.3. The summed E-state index contributed by atoms with van der Waals surface area (Å²) >= 11 is 0. The Morgan fingerprint density at radius 3 is 2.87 bits per heavy atom. The summed E-state index contributed by atoms with van der Waals surface area (Å²) in [5, 5.41) is 14.8. The molecule has 0 fully saturated rings. The number of nitrogens with one attached hydrogen (secondary N) is 2. The Labute approximate surface area is 136 Å². The number of anilines is 1. The van der Waals surface area contributed by atoms with Gasteiger partial charge in [-0.2, -0.15) is 0 Å². The minimum Gasteiger partial charge on any atom is -0.441 e. The fraction of sp³-hybridized carbons (Fsp3) is 0.529. The predicted octanol–water partition coefficient (Wildman–Crippen LogP) is 3.30. The molecule has 0 radical (unpaired) electrons. The van der Waals surface area contributed by atoms with Gasteiger partial charge < -0.3 is 20.2 Å². The van der Waals surface area contributed by atoms with Gasteiger partial charge in [0.15, 0.2) is 11.5 Å². The number of nitrogens with zero attached hydrogens (tertiary/aromatic N) is 1. The maximum absolute atomic E-state index is 12.0. The first-order valence-electron chi connectivity index (χ1n) is 8.01. The molecular weight excluding hydrogens is 294 g/mol. The van der Waals surface area contributed by atoms with Crippen molar-refractivity contribution < 1.29 is 14.3 Å². The van der Waals surface area contributed by atoms with Gasteiger partial charge in [-0.1, -0.05) is 13.8 Å². The van der Waals surface area contributed by atoms with Gasteiger partial charge in [0, 0.05) is 25.8 Å². The first-order chi connectivity index (χ1) is 11.0. The Morgan fingerprint density at radius 1 is 1.39 bits per heavy atom. The highest BCUT2D eigenvalue weighted by Crippen LogP contribution is 2.19. The number of aromatic nitrogens is 1. The molecule has 0 spiro atoms. The molecule has 6 nitrogen and oxygen atoms in total. The normalized spacial score (nSPS) is 12.6. The van der Waals surface area contributed by atoms with Crippen LogP contribution in [0.15, 0.2) is 22.6 Å². The number of aryl methyl sites for hydroxylation is 1. The van der Waals surface area contributed by atoms with Crippen molar-refractivity contribution in [2.75, 3.05) is 18.5 Å². The number of amides is 2. The van der Waals surface area contributed by atoms with E-state index in [9.17, 15) is 4.79 Å². The lowest BCUT2D eigenvalue weighted by Crippen LogP contribution is -2.33. The molecule has 2 rings (SSSR count). The van der Waals surface area contributed by atoms with Crippen molar-refractivity contribution in [2.24, 2.45) is 11.8 Å². The number of carbonyl (C=O) groups is 1. The number of benzene rings is 1. The minimum absolute atomic E-state index is 0.142. The molecule has 0 saturated carbocycles. The largest absolute Gasteiger partial charge is 0.441 e. The van der Waals surface area contributed by atoms with Gasteiger partial charge in [0.1, 0.15) is 5.52 Å². The van der Waals surface area contributed by atoms with Crippen LogP contribution in [-0.4, -0.2) is 29.3 Å². The maximum Gasteiger partial charge on any atom is 0.319 e. The van der Waals surface area contributed by atoms with E-state index in [1.807, 2.05) is 0 Å². The standard InChI is InChI=1S/C17H25N3O3/c1-11(2)8-13(6-7-21)10-18-17(22)20-14-4-5-16-15(9-14)19-12(3)23-16/h4-5,9,11,13,21H,6-8,10H2,1-3H3,(H2,18,20,22). The molecule has 126 valence electrons. The maximum atomic E-state index is 12.0. The lowest BCUT2D eigenvalue weighted by atomic mass is 9.94. The van der Waals surface area contributed by atoms with E-state index in [2.05, 4.69) is 29.5 Å². The van der Waals surface area contributed by atoms with Gasteiger partial charge in [0.05, 0.1) is 0 Å². The second-order valence-corrected chi connectivity index (χ2v) is 6.26. The Bertz CT molecular complexity index is 652. The van der Waals surface area contributed by atoms with Crippen LogP contribution in [0.1, 0.15) is 32.6 Å². The summed E-state index contributed by atoms with van der Waals surface area (Å²) in [5.41, 5.74) is 2.09. The molecule has 0 aliphatic carbocycles. The van der Waals surface area contributed by atoms with Gasteiger partial charge in [-0.3, -0.25) is 0 Å². The lowest BCUT2D eigenvalue weighted by molar-refractivity contribution is 0.231. The van der Waals surface area contributed by atoms with Crippen molar-refractivity contribution in [1.82, 2.24) is 10.3 Å². The van der Waals surface area contributed by atoms with Crippen LogP contribution in [0.25, 0.3) is 11.1 Å². The van der Waals surface area contributed by atoms with Gasteiger partial charge in [-0.05, 0) is 42.9 Å². The summed E-state index contributed by atoms with van der Waals surface area (Å²) in [7, 11) is 0. The van der Waals surface area contributed by atoms with Gasteiger partial charge in [0.2, 0.25) is 0 Å². The van der Waals surface area contributed by atoms with Crippen molar-refractivity contribution in [3.63, 3.8) is 0 Å². The molecule has 1 heterocycles. The highest BCUT2D eigenvalue weighted by Gasteiger charge is 2.12. The number of fused-ring (bicyclic) bond motifs is 1. The quantitative estimate of drug-likeness (QED) is 0.730. The monoisotopic (exact) mass is 319 g/mol. The zero-order chi connectivity index (χ0) is 16.8. The Balaban J connectivity index is 1.89. The number of aliphatic hydroxyl groups is 1. The summed E-state index contributed by atoms with van der Waals surface area (Å²) in [6.07, 6.45) is 1.67. The van der Waals surface area contributed by atoms with Crippen LogP contribution in [0.5, 0.6) is 0 Å². The van der Waals surface area contributed by atoms with Crippen LogP contribution in [0.4, 0.5) is 10.5 Å². The molecule has 2 aromatic rings. The molecule has 1 unspecified atom stereocenters. The third-order valence-corrected chi connectivity index (χ3v) is 3.65. The SMILES string of the molecule is Cc1nc2cc(NC(=O)NCC(CCO)CC(C)C)ccc2o1. The second-order valence-electron chi connectivity index (χ2n) is 6.26. The number of oxazole rings is 1. The van der Waals surface area contributed by atoms with Crippen molar-refractivity contribution >= 4 is 22.8 Å². The topological polar surface area (TPSA) is 87.4 Å². The Morgan fingerprint density at radius 2 is 2.17 bits per heavy atom. The van der Waals surface area contributed by atoms with Crippen LogP contribution in [0, 0.1) is 18.8 Å². The van der Waals surface area contributed by atoms with Crippen LogP contribution in [0.3, 0.4) is 0 Å². The van der Waals surface area contributed by atoms with Gasteiger partial charge >= 0.3 is 6.03 Å². The van der Waals surface area contributed by atoms with Crippen LogP contribution in [-0.2, 0) is 0 Å². The molecule has 0 bridgehead atoms. The first kappa shape index (κ1) is 17.3. The van der Waals surface area contributed by atoms with Crippen LogP contribution in [0.2, 0.25) is 0 Å². The molecule has 0 aliphatic rings. The lowest BCUT2D eigenvalue weighted by Gasteiger charge is -2.18. The number of rotatable bonds is 7. The third kappa shape index (κ3) is 5.25. The van der Waals surface area contributed by atoms with Crippen LogP contribution >= 0.6 is 0 Å². The fourth-order valence-electron chi connectivity index (χ4n) is 2.69. The van der Waals surface area contributed by atoms with Gasteiger partial charge in [-0.15, -0.1) is 0 Å². The minimum atomic E-state index is -0.253. The zero-order valence-corrected chi connectivity index (χ0v) is 13.9. The summed E-state index contributed by atoms with van der Waals surface area (Å²) < 4.78 is 5.41. The molecule has 6 heteroatoms. The van der Waals surface area contributed by atoms with Crippen molar-refractivity contribution in [2.45, 2.75) is 33.6 Å². The first-order valence-corrected chi connectivity index (χ1v) is 8.01. The number of aliphatic hydroxyl groups excluding tert-OH is 1. The zero-order valence-electron chi connectivity index (χ0n) is 13.9. The van der Waals surface area contributed by atoms with Gasteiger partial charge in [0.25, 0.3) is 0 Å². The molecule has 1 atom stereocenters. The molecule has 0 aliphatic heterocycles. The average Bonchev–Trinajstić information content (AvgIpc) is 2.84. The Hall–Kier alpha value is -2.08. The summed E-state index contributed by atoms with van der Waals surface area (Å²) in [6.45, 7) is 6.76. The van der Waals surface area contributed by atoms with Gasteiger partial charge in [-0.25, -0.2) is 9.78 Å². The van der Waals surface area contributed by atoms with Crippen molar-refractivity contribution in [3.8, 4) is 0 Å². The van der Waals surface area contributed by atoms with E-state index in [1.54, 1.807) is 25.1 Å². The summed E-state index contributed by atoms with van der Waals surface area (Å²) in [5.74, 6) is 1.42. The molecule has 2 amide bonds. The highest BCUT2D eigenvalue weighted by molar-refractivity contribution is 5.91. The molecule has 1 aromatic heterocycles. The Kier molecular flexibility index (Phi) is 5.98. The summed E-state index contributed by atoms with van der Waals surface area (Å²) in [6, 6.07) is 5.10. The molecular formula is C17H25N3O3. The van der Waals surface area contributed by atoms with Crippen molar-refractivity contribution in [1.29, 1.82) is 0 Å². The molecule has 0 saturated heterocycles. The van der Waals surface area contributed by atoms with E-state index in [-0.39, 0.29) is 18.6 Å². The average molecular weight is 319 g/mol. The van der Waals surface area contributed by atoms with E-state index in [0.29, 0.717) is 36.0 Å². The van der Waals surface area contributed by atoms with E-state index in [1.165, 1.54) is 0 Å². The number of hydrogen-bond donors (Lipinski definition) is 3. The number of carbonyl (C=O) groups excluding carboxylic acids is 1. The van der Waals surface area contributed by atoms with E-state index >= 15 is 0 Å². The number of hydrogen-bond acceptors (Lipinski definition) is 4. The number of urea groups is 1. The third-order valence-electron chi connectivity index (χ3n) is 3.65. The van der Waals surface area contributed by atoms with E-state index < -0.39 is 0 Å². The predicted molar refractivity (Wildman–Crippen MR) is 90.4 cm³/mol. The molecule has 1 aromatic carbocycles. The molecule has 3 N–H and O–H groups in total. The van der Waals surface area contributed by atoms with Crippen molar-refractivity contribution in [3.05, 3.63) is 24.1 Å².